The number of anilines is 2. The number of likely N-dealkylation sites (N-methyl/N-ethyl adjacent to an activating group) is 1. The molecule has 0 radical (unpaired) electrons. The highest BCUT2D eigenvalue weighted by Gasteiger charge is 2.04. The van der Waals surface area contributed by atoms with Gasteiger partial charge < -0.3 is 16.0 Å². The summed E-state index contributed by atoms with van der Waals surface area (Å²) < 4.78 is 0. The number of hydrogen-bond acceptors (Lipinski definition) is 5. The maximum Gasteiger partial charge on any atom is 0.163 e. The predicted octanol–water partition coefficient (Wildman–Crippen LogP) is 1.70. The molecule has 0 atom stereocenters. The number of hydrogen-bond donors (Lipinski definition) is 2. The van der Waals surface area contributed by atoms with Crippen LogP contribution in [-0.2, 0) is 0 Å². The Hall–Kier alpha value is -2.14. The van der Waals surface area contributed by atoms with Gasteiger partial charge in [0.25, 0.3) is 0 Å². The summed E-state index contributed by atoms with van der Waals surface area (Å²) in [5, 5.41) is 3.25. The van der Waals surface area contributed by atoms with Gasteiger partial charge in [0.05, 0.1) is 0 Å². The van der Waals surface area contributed by atoms with E-state index in [1.165, 1.54) is 0 Å². The molecule has 1 heterocycles. The highest BCUT2D eigenvalue weighted by molar-refractivity contribution is 5.60. The van der Waals surface area contributed by atoms with Crippen molar-refractivity contribution in [3.05, 3.63) is 36.4 Å². The van der Waals surface area contributed by atoms with Crippen molar-refractivity contribution in [1.82, 2.24) is 14.9 Å². The van der Waals surface area contributed by atoms with E-state index in [4.69, 9.17) is 5.73 Å². The molecular formula is C14H19N5. The van der Waals surface area contributed by atoms with Gasteiger partial charge in [-0.25, -0.2) is 9.97 Å². The fourth-order valence-electron chi connectivity index (χ4n) is 1.68. The number of nitrogens with one attached hydrogen (secondary N) is 1. The van der Waals surface area contributed by atoms with E-state index >= 15 is 0 Å². The summed E-state index contributed by atoms with van der Waals surface area (Å²) in [4.78, 5) is 10.9. The fraction of sp³-hybridized carbons (Fsp3) is 0.286. The molecule has 1 aromatic carbocycles. The second kappa shape index (κ2) is 6.15. The minimum Gasteiger partial charge on any atom is -0.384 e. The molecule has 0 fully saturated rings. The molecule has 5 heteroatoms. The van der Waals surface area contributed by atoms with Crippen LogP contribution < -0.4 is 11.1 Å². The molecule has 0 spiro atoms. The minimum atomic E-state index is 0.473. The lowest BCUT2D eigenvalue weighted by atomic mass is 10.2. The van der Waals surface area contributed by atoms with Crippen molar-refractivity contribution < 1.29 is 0 Å². The summed E-state index contributed by atoms with van der Waals surface area (Å²) in [6.07, 6.45) is 0. The molecule has 0 bridgehead atoms. The highest BCUT2D eigenvalue weighted by atomic mass is 15.1. The van der Waals surface area contributed by atoms with Crippen LogP contribution in [0.25, 0.3) is 11.4 Å². The molecule has 3 N–H and O–H groups in total. The van der Waals surface area contributed by atoms with Crippen LogP contribution in [0.3, 0.4) is 0 Å². The lowest BCUT2D eigenvalue weighted by Gasteiger charge is -2.11. The summed E-state index contributed by atoms with van der Waals surface area (Å²) >= 11 is 0. The quantitative estimate of drug-likeness (QED) is 0.853. The van der Waals surface area contributed by atoms with Crippen LogP contribution >= 0.6 is 0 Å². The molecule has 2 rings (SSSR count). The molecule has 1 aromatic heterocycles. The summed E-state index contributed by atoms with van der Waals surface area (Å²) in [5.74, 6) is 1.88. The third kappa shape index (κ3) is 3.93. The zero-order valence-corrected chi connectivity index (χ0v) is 11.3. The van der Waals surface area contributed by atoms with E-state index in [2.05, 4.69) is 20.2 Å². The SMILES string of the molecule is CN(C)CCNc1cc(N)nc(-c2ccccc2)n1. The second-order valence-corrected chi connectivity index (χ2v) is 4.60. The Morgan fingerprint density at radius 3 is 2.58 bits per heavy atom. The maximum absolute atomic E-state index is 5.83. The summed E-state index contributed by atoms with van der Waals surface area (Å²) in [6.45, 7) is 1.75. The molecule has 0 saturated carbocycles. The molecule has 0 amide bonds. The zero-order chi connectivity index (χ0) is 13.7. The van der Waals surface area contributed by atoms with Gasteiger partial charge in [-0.15, -0.1) is 0 Å². The number of nitrogen functional groups attached to an aromatic ring is 1. The van der Waals surface area contributed by atoms with Crippen molar-refractivity contribution in [3.8, 4) is 11.4 Å². The van der Waals surface area contributed by atoms with Gasteiger partial charge in [0.15, 0.2) is 5.82 Å². The number of nitrogens with two attached hydrogens (primary N) is 1. The van der Waals surface area contributed by atoms with Crippen molar-refractivity contribution >= 4 is 11.6 Å². The topological polar surface area (TPSA) is 67.1 Å². The van der Waals surface area contributed by atoms with E-state index < -0.39 is 0 Å². The predicted molar refractivity (Wildman–Crippen MR) is 78.9 cm³/mol. The van der Waals surface area contributed by atoms with Gasteiger partial charge in [-0.3, -0.25) is 0 Å². The molecular weight excluding hydrogens is 238 g/mol. The molecule has 2 aromatic rings. The Balaban J connectivity index is 2.16. The van der Waals surface area contributed by atoms with Crippen molar-refractivity contribution in [2.24, 2.45) is 0 Å². The monoisotopic (exact) mass is 257 g/mol. The van der Waals surface area contributed by atoms with E-state index in [0.29, 0.717) is 11.6 Å². The van der Waals surface area contributed by atoms with Crippen LogP contribution in [0.5, 0.6) is 0 Å². The molecule has 5 nitrogen and oxygen atoms in total. The largest absolute Gasteiger partial charge is 0.384 e. The number of benzene rings is 1. The van der Waals surface area contributed by atoms with E-state index in [1.54, 1.807) is 6.07 Å². The second-order valence-electron chi connectivity index (χ2n) is 4.60. The van der Waals surface area contributed by atoms with Crippen molar-refractivity contribution in [2.45, 2.75) is 0 Å². The minimum absolute atomic E-state index is 0.473. The average molecular weight is 257 g/mol. The third-order valence-corrected chi connectivity index (χ3v) is 2.64. The van der Waals surface area contributed by atoms with Crippen LogP contribution in [0.2, 0.25) is 0 Å². The molecule has 100 valence electrons. The lowest BCUT2D eigenvalue weighted by molar-refractivity contribution is 0.425. The van der Waals surface area contributed by atoms with Crippen LogP contribution in [0.15, 0.2) is 36.4 Å². The summed E-state index contributed by atoms with van der Waals surface area (Å²) in [6, 6.07) is 11.6. The van der Waals surface area contributed by atoms with Crippen molar-refractivity contribution in [3.63, 3.8) is 0 Å². The molecule has 0 aliphatic rings. The zero-order valence-electron chi connectivity index (χ0n) is 11.3. The van der Waals surface area contributed by atoms with Gasteiger partial charge in [0.1, 0.15) is 11.6 Å². The van der Waals surface area contributed by atoms with E-state index in [0.717, 1.165) is 24.5 Å². The third-order valence-electron chi connectivity index (χ3n) is 2.64. The Morgan fingerprint density at radius 2 is 1.89 bits per heavy atom. The Labute approximate surface area is 113 Å². The number of rotatable bonds is 5. The first-order chi connectivity index (χ1) is 9.15. The number of aromatic nitrogens is 2. The van der Waals surface area contributed by atoms with Crippen LogP contribution in [-0.4, -0.2) is 42.1 Å². The first-order valence-electron chi connectivity index (χ1n) is 6.24. The van der Waals surface area contributed by atoms with Crippen molar-refractivity contribution in [2.75, 3.05) is 38.2 Å². The van der Waals surface area contributed by atoms with E-state index in [1.807, 2.05) is 44.4 Å². The molecule has 19 heavy (non-hydrogen) atoms. The first kappa shape index (κ1) is 13.3. The first-order valence-corrected chi connectivity index (χ1v) is 6.24. The Bertz CT molecular complexity index is 525. The standard InChI is InChI=1S/C14H19N5/c1-19(2)9-8-16-13-10-12(15)17-14(18-13)11-6-4-3-5-7-11/h3-7,10H,8-9H2,1-2H3,(H3,15,16,17,18). The normalized spacial score (nSPS) is 10.7. The maximum atomic E-state index is 5.83. The Morgan fingerprint density at radius 1 is 1.16 bits per heavy atom. The van der Waals surface area contributed by atoms with Gasteiger partial charge >= 0.3 is 0 Å². The van der Waals surface area contributed by atoms with Gasteiger partial charge in [-0.1, -0.05) is 30.3 Å². The highest BCUT2D eigenvalue weighted by Crippen LogP contribution is 2.18. The smallest absolute Gasteiger partial charge is 0.163 e. The molecule has 0 unspecified atom stereocenters. The van der Waals surface area contributed by atoms with Gasteiger partial charge in [0, 0.05) is 24.7 Å². The fourth-order valence-corrected chi connectivity index (χ4v) is 1.68. The van der Waals surface area contributed by atoms with Crippen LogP contribution in [0.4, 0.5) is 11.6 Å². The number of nitrogens with zero attached hydrogens (tertiary/aromatic N) is 3. The van der Waals surface area contributed by atoms with Crippen molar-refractivity contribution in [1.29, 1.82) is 0 Å². The Kier molecular flexibility index (Phi) is 4.30. The van der Waals surface area contributed by atoms with E-state index in [-0.39, 0.29) is 0 Å². The molecule has 0 aliphatic carbocycles. The van der Waals surface area contributed by atoms with E-state index in [9.17, 15) is 0 Å². The van der Waals surface area contributed by atoms with Gasteiger partial charge in [0.2, 0.25) is 0 Å². The van der Waals surface area contributed by atoms with Gasteiger partial charge in [-0.05, 0) is 14.1 Å². The average Bonchev–Trinajstić information content (AvgIpc) is 2.39. The van der Waals surface area contributed by atoms with Crippen LogP contribution in [0.1, 0.15) is 0 Å². The van der Waals surface area contributed by atoms with Gasteiger partial charge in [-0.2, -0.15) is 0 Å². The lowest BCUT2D eigenvalue weighted by Crippen LogP contribution is -2.21. The molecule has 0 aliphatic heterocycles. The summed E-state index contributed by atoms with van der Waals surface area (Å²) in [5.41, 5.74) is 6.79. The van der Waals surface area contributed by atoms with Crippen LogP contribution in [0, 0.1) is 0 Å². The molecule has 0 saturated heterocycles. The summed E-state index contributed by atoms with van der Waals surface area (Å²) in [7, 11) is 4.07.